The second-order valence-corrected chi connectivity index (χ2v) is 7.94. The summed E-state index contributed by atoms with van der Waals surface area (Å²) < 4.78 is 44.8. The molecule has 1 atom stereocenters. The molecule has 0 aliphatic carbocycles. The van der Waals surface area contributed by atoms with Crippen molar-refractivity contribution in [3.8, 4) is 11.8 Å². The van der Waals surface area contributed by atoms with Gasteiger partial charge in [-0.05, 0) is 42.3 Å². The van der Waals surface area contributed by atoms with E-state index >= 15 is 0 Å². The number of amides is 2. The molecule has 10 heteroatoms. The lowest BCUT2D eigenvalue weighted by atomic mass is 10.1. The number of methoxy groups -OCH3 is 1. The average Bonchev–Trinajstić information content (AvgIpc) is 3.09. The molecule has 2 aromatic rings. The summed E-state index contributed by atoms with van der Waals surface area (Å²) in [6, 6.07) is 13.0. The lowest BCUT2D eigenvalue weighted by molar-refractivity contribution is -0.137. The van der Waals surface area contributed by atoms with Gasteiger partial charge in [-0.3, -0.25) is 14.5 Å². The van der Waals surface area contributed by atoms with Crippen molar-refractivity contribution in [1.82, 2.24) is 5.32 Å². The van der Waals surface area contributed by atoms with Crippen LogP contribution in [0.4, 0.5) is 18.9 Å². The highest BCUT2D eigenvalue weighted by molar-refractivity contribution is 8.05. The molecule has 0 bridgehead atoms. The van der Waals surface area contributed by atoms with Crippen LogP contribution in [0.5, 0.6) is 5.75 Å². The summed E-state index contributed by atoms with van der Waals surface area (Å²) in [6.45, 7) is 0. The second kappa shape index (κ2) is 9.36. The van der Waals surface area contributed by atoms with Crippen molar-refractivity contribution in [2.75, 3.05) is 19.1 Å². The number of hydrogen-bond donors (Lipinski definition) is 1. The number of anilines is 1. The van der Waals surface area contributed by atoms with Gasteiger partial charge in [-0.25, -0.2) is 0 Å². The molecule has 3 rings (SSSR count). The van der Waals surface area contributed by atoms with E-state index in [1.54, 1.807) is 30.3 Å². The van der Waals surface area contributed by atoms with Crippen LogP contribution in [0.1, 0.15) is 11.1 Å². The van der Waals surface area contributed by atoms with Gasteiger partial charge >= 0.3 is 6.18 Å². The van der Waals surface area contributed by atoms with Gasteiger partial charge in [0.1, 0.15) is 22.4 Å². The van der Waals surface area contributed by atoms with Gasteiger partial charge in [0.2, 0.25) is 5.91 Å². The Morgan fingerprint density at radius 3 is 2.50 bits per heavy atom. The van der Waals surface area contributed by atoms with E-state index in [1.165, 1.54) is 26.3 Å². The molecule has 1 N–H and O–H groups in total. The van der Waals surface area contributed by atoms with E-state index in [4.69, 9.17) is 4.74 Å². The Morgan fingerprint density at radius 1 is 1.25 bits per heavy atom. The first-order valence-electron chi connectivity index (χ1n) is 9.37. The first-order valence-corrected chi connectivity index (χ1v) is 10.2. The van der Waals surface area contributed by atoms with Gasteiger partial charge in [0, 0.05) is 7.05 Å². The lowest BCUT2D eigenvalue weighted by Gasteiger charge is -2.20. The van der Waals surface area contributed by atoms with Crippen LogP contribution < -0.4 is 15.0 Å². The summed E-state index contributed by atoms with van der Waals surface area (Å²) in [4.78, 5) is 26.5. The Kier molecular flexibility index (Phi) is 6.79. The van der Waals surface area contributed by atoms with Crippen molar-refractivity contribution in [2.45, 2.75) is 17.8 Å². The number of carbonyl (C=O) groups excluding carboxylic acids is 2. The number of halogens is 3. The standard InChI is InChI=1S/C22H18F3N3O3S/c1-27-19(29)17(12-26)21-28(15-5-3-4-14(11-15)22(23,24)25)20(30)18(32-21)10-13-6-8-16(31-2)9-7-13/h3-9,11,18H,10H2,1-2H3,(H,27,29). The maximum absolute atomic E-state index is 13.3. The number of alkyl halides is 3. The van der Waals surface area contributed by atoms with Crippen LogP contribution in [-0.2, 0) is 22.2 Å². The van der Waals surface area contributed by atoms with Crippen LogP contribution in [-0.4, -0.2) is 31.2 Å². The lowest BCUT2D eigenvalue weighted by Crippen LogP contribution is -2.31. The largest absolute Gasteiger partial charge is 0.497 e. The summed E-state index contributed by atoms with van der Waals surface area (Å²) in [5.74, 6) is -0.613. The molecule has 1 fully saturated rings. The molecule has 1 unspecified atom stereocenters. The molecule has 2 aromatic carbocycles. The quantitative estimate of drug-likeness (QED) is 0.540. The highest BCUT2D eigenvalue weighted by atomic mass is 32.2. The fourth-order valence-electron chi connectivity index (χ4n) is 3.14. The molecule has 166 valence electrons. The summed E-state index contributed by atoms with van der Waals surface area (Å²) in [5, 5.41) is 11.1. The van der Waals surface area contributed by atoms with Gasteiger partial charge in [0.05, 0.1) is 23.6 Å². The van der Waals surface area contributed by atoms with Crippen LogP contribution in [0, 0.1) is 11.3 Å². The molecule has 0 spiro atoms. The highest BCUT2D eigenvalue weighted by Gasteiger charge is 2.41. The number of nitrogens with one attached hydrogen (secondary N) is 1. The fourth-order valence-corrected chi connectivity index (χ4v) is 4.45. The third-order valence-corrected chi connectivity index (χ3v) is 6.01. The van der Waals surface area contributed by atoms with E-state index < -0.39 is 28.8 Å². The minimum Gasteiger partial charge on any atom is -0.497 e. The van der Waals surface area contributed by atoms with Crippen molar-refractivity contribution < 1.29 is 27.5 Å². The molecule has 32 heavy (non-hydrogen) atoms. The number of likely N-dealkylation sites (N-methyl/N-ethyl adjacent to an activating group) is 1. The maximum atomic E-state index is 13.3. The van der Waals surface area contributed by atoms with Gasteiger partial charge in [-0.2, -0.15) is 18.4 Å². The Bertz CT molecular complexity index is 1110. The van der Waals surface area contributed by atoms with Crippen molar-refractivity contribution in [1.29, 1.82) is 5.26 Å². The second-order valence-electron chi connectivity index (χ2n) is 6.75. The topological polar surface area (TPSA) is 82.4 Å². The molecule has 1 saturated heterocycles. The Morgan fingerprint density at radius 2 is 1.94 bits per heavy atom. The van der Waals surface area contributed by atoms with E-state index in [0.29, 0.717) is 5.75 Å². The van der Waals surface area contributed by atoms with E-state index in [0.717, 1.165) is 34.4 Å². The molecule has 1 heterocycles. The number of nitrogens with zero attached hydrogens (tertiary/aromatic N) is 2. The minimum absolute atomic E-state index is 0.00492. The van der Waals surface area contributed by atoms with Crippen LogP contribution in [0.25, 0.3) is 0 Å². The molecule has 2 amide bonds. The van der Waals surface area contributed by atoms with Gasteiger partial charge in [-0.15, -0.1) is 0 Å². The molecule has 0 radical (unpaired) electrons. The van der Waals surface area contributed by atoms with Crippen molar-refractivity contribution in [3.05, 3.63) is 70.3 Å². The zero-order chi connectivity index (χ0) is 23.5. The Balaban J connectivity index is 2.05. The van der Waals surface area contributed by atoms with E-state index in [1.807, 2.05) is 0 Å². The molecule has 1 aliphatic heterocycles. The van der Waals surface area contributed by atoms with Crippen LogP contribution in [0.2, 0.25) is 0 Å². The number of nitriles is 1. The predicted molar refractivity (Wildman–Crippen MR) is 114 cm³/mol. The van der Waals surface area contributed by atoms with Gasteiger partial charge < -0.3 is 10.1 Å². The monoisotopic (exact) mass is 461 g/mol. The first-order chi connectivity index (χ1) is 15.2. The normalized spacial score (nSPS) is 17.7. The number of hydrogen-bond acceptors (Lipinski definition) is 5. The third kappa shape index (κ3) is 4.73. The van der Waals surface area contributed by atoms with Crippen LogP contribution >= 0.6 is 11.8 Å². The smallest absolute Gasteiger partial charge is 0.416 e. The number of thioether (sulfide) groups is 1. The highest BCUT2D eigenvalue weighted by Crippen LogP contribution is 2.43. The maximum Gasteiger partial charge on any atom is 0.416 e. The number of rotatable bonds is 5. The molecule has 1 aliphatic rings. The fraction of sp³-hybridized carbons (Fsp3) is 0.227. The zero-order valence-electron chi connectivity index (χ0n) is 17.1. The average molecular weight is 461 g/mol. The van der Waals surface area contributed by atoms with E-state index in [9.17, 15) is 28.0 Å². The molecular weight excluding hydrogens is 443 g/mol. The Hall–Kier alpha value is -3.45. The first kappa shape index (κ1) is 23.2. The summed E-state index contributed by atoms with van der Waals surface area (Å²) in [5.41, 5.74) is -0.564. The molecule has 6 nitrogen and oxygen atoms in total. The molecular formula is C22H18F3N3O3S. The molecule has 0 aromatic heterocycles. The number of ether oxygens (including phenoxy) is 1. The number of carbonyl (C=O) groups is 2. The Labute approximate surface area is 186 Å². The molecule has 0 saturated carbocycles. The summed E-state index contributed by atoms with van der Waals surface area (Å²) in [7, 11) is 2.85. The van der Waals surface area contributed by atoms with E-state index in [2.05, 4.69) is 5.32 Å². The minimum atomic E-state index is -4.61. The van der Waals surface area contributed by atoms with Gasteiger partial charge in [0.15, 0.2) is 0 Å². The van der Waals surface area contributed by atoms with E-state index in [-0.39, 0.29) is 22.7 Å². The van der Waals surface area contributed by atoms with Crippen molar-refractivity contribution >= 4 is 29.3 Å². The predicted octanol–water partition coefficient (Wildman–Crippen LogP) is 3.89. The van der Waals surface area contributed by atoms with Crippen molar-refractivity contribution in [3.63, 3.8) is 0 Å². The van der Waals surface area contributed by atoms with Crippen LogP contribution in [0.15, 0.2) is 59.1 Å². The van der Waals surface area contributed by atoms with Gasteiger partial charge in [-0.1, -0.05) is 30.0 Å². The van der Waals surface area contributed by atoms with Crippen molar-refractivity contribution in [2.24, 2.45) is 0 Å². The third-order valence-electron chi connectivity index (χ3n) is 4.74. The summed E-state index contributed by atoms with van der Waals surface area (Å²) >= 11 is 0.976. The zero-order valence-corrected chi connectivity index (χ0v) is 17.9. The SMILES string of the molecule is CNC(=O)C(C#N)=C1SC(Cc2ccc(OC)cc2)C(=O)N1c1cccc(C(F)(F)F)c1. The summed E-state index contributed by atoms with van der Waals surface area (Å²) in [6.07, 6.45) is -4.37. The van der Waals surface area contributed by atoms with Gasteiger partial charge in [0.25, 0.3) is 5.91 Å². The number of benzene rings is 2. The van der Waals surface area contributed by atoms with Crippen LogP contribution in [0.3, 0.4) is 0 Å².